The van der Waals surface area contributed by atoms with E-state index >= 15 is 0 Å². The number of hydrogen-bond acceptors (Lipinski definition) is 2. The summed E-state index contributed by atoms with van der Waals surface area (Å²) in [5, 5.41) is 0. The summed E-state index contributed by atoms with van der Waals surface area (Å²) in [4.78, 5) is 5.26. The van der Waals surface area contributed by atoms with Crippen LogP contribution >= 0.6 is 0 Å². The molecule has 136 valence electrons. The fourth-order valence-corrected chi connectivity index (χ4v) is 4.39. The number of rotatable bonds is 6. The van der Waals surface area contributed by atoms with E-state index in [4.69, 9.17) is 0 Å². The van der Waals surface area contributed by atoms with E-state index in [1.165, 1.54) is 61.7 Å². The van der Waals surface area contributed by atoms with Crippen molar-refractivity contribution >= 4 is 0 Å². The average molecular weight is 340 g/mol. The number of aryl methyl sites for hydroxylation is 1. The molecule has 2 aromatic rings. The number of piperidine rings is 1. The van der Waals surface area contributed by atoms with Crippen molar-refractivity contribution in [1.82, 2.24) is 14.4 Å². The fraction of sp³-hybridized carbons (Fsp3) is 0.545. The highest BCUT2D eigenvalue weighted by atomic mass is 15.2. The maximum Gasteiger partial charge on any atom is 0.0455 e. The Balaban J connectivity index is 1.67. The van der Waals surface area contributed by atoms with E-state index in [-0.39, 0.29) is 0 Å². The van der Waals surface area contributed by atoms with E-state index in [1.807, 2.05) is 0 Å². The Morgan fingerprint density at radius 3 is 2.24 bits per heavy atom. The number of aromatic nitrogens is 1. The molecule has 0 N–H and O–H groups in total. The SMILES string of the molecule is CCN(CC)C1CCN(Cc2cc(C)n(-c3ccccc3)c2C)CC1. The number of para-hydroxylation sites is 1. The average Bonchev–Trinajstić information content (AvgIpc) is 2.91. The second-order valence-electron chi connectivity index (χ2n) is 7.30. The van der Waals surface area contributed by atoms with Crippen LogP contribution in [0.1, 0.15) is 43.6 Å². The maximum atomic E-state index is 2.64. The number of nitrogens with zero attached hydrogens (tertiary/aromatic N) is 3. The summed E-state index contributed by atoms with van der Waals surface area (Å²) in [5.74, 6) is 0. The van der Waals surface area contributed by atoms with Crippen LogP contribution in [-0.2, 0) is 6.54 Å². The van der Waals surface area contributed by atoms with Gasteiger partial charge in [-0.2, -0.15) is 0 Å². The highest BCUT2D eigenvalue weighted by molar-refractivity contribution is 5.40. The Kier molecular flexibility index (Phi) is 5.98. The molecule has 3 rings (SSSR count). The molecule has 0 unspecified atom stereocenters. The van der Waals surface area contributed by atoms with Gasteiger partial charge in [0.2, 0.25) is 0 Å². The van der Waals surface area contributed by atoms with Crippen LogP contribution < -0.4 is 0 Å². The number of benzene rings is 1. The van der Waals surface area contributed by atoms with Gasteiger partial charge in [0.1, 0.15) is 0 Å². The molecular formula is C22H33N3. The topological polar surface area (TPSA) is 11.4 Å². The van der Waals surface area contributed by atoms with Crippen molar-refractivity contribution in [3.63, 3.8) is 0 Å². The van der Waals surface area contributed by atoms with Crippen LogP contribution in [0, 0.1) is 13.8 Å². The molecule has 1 aliphatic rings. The van der Waals surface area contributed by atoms with Crippen LogP contribution in [0.2, 0.25) is 0 Å². The van der Waals surface area contributed by atoms with Gasteiger partial charge < -0.3 is 9.47 Å². The molecule has 1 fully saturated rings. The Morgan fingerprint density at radius 2 is 1.64 bits per heavy atom. The minimum absolute atomic E-state index is 0.781. The minimum atomic E-state index is 0.781. The molecule has 25 heavy (non-hydrogen) atoms. The van der Waals surface area contributed by atoms with Crippen molar-refractivity contribution in [3.05, 3.63) is 53.3 Å². The molecule has 0 saturated carbocycles. The zero-order chi connectivity index (χ0) is 17.8. The van der Waals surface area contributed by atoms with Crippen LogP contribution in [-0.4, -0.2) is 46.6 Å². The zero-order valence-corrected chi connectivity index (χ0v) is 16.3. The van der Waals surface area contributed by atoms with Gasteiger partial charge in [0, 0.05) is 29.7 Å². The van der Waals surface area contributed by atoms with Crippen molar-refractivity contribution in [2.24, 2.45) is 0 Å². The highest BCUT2D eigenvalue weighted by Crippen LogP contribution is 2.24. The summed E-state index contributed by atoms with van der Waals surface area (Å²) in [5.41, 5.74) is 5.46. The van der Waals surface area contributed by atoms with E-state index in [1.54, 1.807) is 0 Å². The van der Waals surface area contributed by atoms with Crippen molar-refractivity contribution in [1.29, 1.82) is 0 Å². The smallest absolute Gasteiger partial charge is 0.0455 e. The minimum Gasteiger partial charge on any atom is -0.318 e. The monoisotopic (exact) mass is 339 g/mol. The normalized spacial score (nSPS) is 16.7. The van der Waals surface area contributed by atoms with Gasteiger partial charge in [0.05, 0.1) is 0 Å². The second kappa shape index (κ2) is 8.20. The van der Waals surface area contributed by atoms with Gasteiger partial charge in [-0.3, -0.25) is 4.90 Å². The summed E-state index contributed by atoms with van der Waals surface area (Å²) in [7, 11) is 0. The van der Waals surface area contributed by atoms with Gasteiger partial charge in [0.15, 0.2) is 0 Å². The molecule has 0 radical (unpaired) electrons. The van der Waals surface area contributed by atoms with E-state index in [9.17, 15) is 0 Å². The Labute approximate surface area is 153 Å². The van der Waals surface area contributed by atoms with Crippen LogP contribution in [0.15, 0.2) is 36.4 Å². The standard InChI is InChI=1S/C22H33N3/c1-5-24(6-2)21-12-14-23(15-13-21)17-20-16-18(3)25(19(20)4)22-10-8-7-9-11-22/h7-11,16,21H,5-6,12-15,17H2,1-4H3. The first-order valence-corrected chi connectivity index (χ1v) is 9.83. The van der Waals surface area contributed by atoms with Crippen LogP contribution in [0.25, 0.3) is 5.69 Å². The molecule has 3 nitrogen and oxygen atoms in total. The second-order valence-corrected chi connectivity index (χ2v) is 7.30. The van der Waals surface area contributed by atoms with Crippen LogP contribution in [0.4, 0.5) is 0 Å². The van der Waals surface area contributed by atoms with Crippen molar-refractivity contribution in [3.8, 4) is 5.69 Å². The van der Waals surface area contributed by atoms with Gasteiger partial charge in [-0.25, -0.2) is 0 Å². The first-order valence-electron chi connectivity index (χ1n) is 9.83. The molecule has 1 aromatic carbocycles. The molecule has 1 aromatic heterocycles. The molecule has 0 spiro atoms. The van der Waals surface area contributed by atoms with E-state index in [2.05, 4.69) is 78.5 Å². The third-order valence-corrected chi connectivity index (χ3v) is 5.83. The Hall–Kier alpha value is -1.58. The summed E-state index contributed by atoms with van der Waals surface area (Å²) < 4.78 is 2.39. The predicted molar refractivity (Wildman–Crippen MR) is 106 cm³/mol. The predicted octanol–water partition coefficient (Wildman–Crippen LogP) is 4.40. The first kappa shape index (κ1) is 18.2. The third kappa shape index (κ3) is 3.99. The lowest BCUT2D eigenvalue weighted by Gasteiger charge is -2.37. The van der Waals surface area contributed by atoms with E-state index in [0.29, 0.717) is 0 Å². The number of likely N-dealkylation sites (tertiary alicyclic amines) is 1. The lowest BCUT2D eigenvalue weighted by molar-refractivity contribution is 0.112. The first-order chi connectivity index (χ1) is 12.1. The molecule has 3 heteroatoms. The van der Waals surface area contributed by atoms with Gasteiger partial charge in [-0.1, -0.05) is 32.0 Å². The summed E-state index contributed by atoms with van der Waals surface area (Å²) in [6, 6.07) is 13.9. The molecule has 1 saturated heterocycles. The van der Waals surface area contributed by atoms with Gasteiger partial charge >= 0.3 is 0 Å². The summed E-state index contributed by atoms with van der Waals surface area (Å²) >= 11 is 0. The van der Waals surface area contributed by atoms with Crippen molar-refractivity contribution < 1.29 is 0 Å². The summed E-state index contributed by atoms with van der Waals surface area (Å²) in [6.45, 7) is 14.9. The lowest BCUT2D eigenvalue weighted by atomic mass is 10.0. The Morgan fingerprint density at radius 1 is 1.00 bits per heavy atom. The lowest BCUT2D eigenvalue weighted by Crippen LogP contribution is -2.44. The molecule has 1 aliphatic heterocycles. The fourth-order valence-electron chi connectivity index (χ4n) is 4.39. The van der Waals surface area contributed by atoms with Gasteiger partial charge in [-0.05, 0) is 76.6 Å². The largest absolute Gasteiger partial charge is 0.318 e. The third-order valence-electron chi connectivity index (χ3n) is 5.83. The van der Waals surface area contributed by atoms with Crippen molar-refractivity contribution in [2.75, 3.05) is 26.2 Å². The quantitative estimate of drug-likeness (QED) is 0.773. The van der Waals surface area contributed by atoms with E-state index < -0.39 is 0 Å². The van der Waals surface area contributed by atoms with Crippen LogP contribution in [0.5, 0.6) is 0 Å². The molecule has 0 bridgehead atoms. The molecule has 0 amide bonds. The maximum absolute atomic E-state index is 2.64. The van der Waals surface area contributed by atoms with E-state index in [0.717, 1.165) is 12.6 Å². The van der Waals surface area contributed by atoms with Gasteiger partial charge in [-0.15, -0.1) is 0 Å². The summed E-state index contributed by atoms with van der Waals surface area (Å²) in [6.07, 6.45) is 2.61. The van der Waals surface area contributed by atoms with Crippen LogP contribution in [0.3, 0.4) is 0 Å². The highest BCUT2D eigenvalue weighted by Gasteiger charge is 2.23. The number of hydrogen-bond donors (Lipinski definition) is 0. The molecule has 2 heterocycles. The zero-order valence-electron chi connectivity index (χ0n) is 16.3. The molecular weight excluding hydrogens is 306 g/mol. The van der Waals surface area contributed by atoms with Crippen molar-refractivity contribution in [2.45, 2.75) is 53.1 Å². The molecule has 0 atom stereocenters. The molecule has 0 aliphatic carbocycles. The van der Waals surface area contributed by atoms with Gasteiger partial charge in [0.25, 0.3) is 0 Å². The Bertz CT molecular complexity index is 662.